The molecular formula is C22H21NO4S2. The third-order valence-electron chi connectivity index (χ3n) is 4.97. The average molecular weight is 428 g/mol. The van der Waals surface area contributed by atoms with Crippen molar-refractivity contribution in [3.63, 3.8) is 0 Å². The number of carbonyl (C=O) groups excluding carboxylic acids is 1. The van der Waals surface area contributed by atoms with Crippen LogP contribution in [0.15, 0.2) is 63.7 Å². The number of carbonyl (C=O) groups is 1. The Hall–Kier alpha value is -2.64. The molecule has 2 aromatic carbocycles. The number of aryl methyl sites for hydroxylation is 1. The van der Waals surface area contributed by atoms with Crippen LogP contribution < -0.4 is 10.1 Å². The van der Waals surface area contributed by atoms with E-state index < -0.39 is 9.84 Å². The predicted octanol–water partition coefficient (Wildman–Crippen LogP) is 4.76. The van der Waals surface area contributed by atoms with Gasteiger partial charge < -0.3 is 10.1 Å². The maximum atomic E-state index is 13.2. The quantitative estimate of drug-likeness (QED) is 0.637. The molecule has 0 fully saturated rings. The van der Waals surface area contributed by atoms with Crippen molar-refractivity contribution >= 4 is 32.8 Å². The average Bonchev–Trinajstić information content (AvgIpc) is 3.13. The Kier molecular flexibility index (Phi) is 5.19. The van der Waals surface area contributed by atoms with Gasteiger partial charge in [-0.3, -0.25) is 4.79 Å². The summed E-state index contributed by atoms with van der Waals surface area (Å²) >= 11 is 1.37. The molecule has 0 saturated carbocycles. The van der Waals surface area contributed by atoms with E-state index in [2.05, 4.69) is 5.32 Å². The summed E-state index contributed by atoms with van der Waals surface area (Å²) in [7, 11) is -3.72. The molecule has 2 heterocycles. The highest BCUT2D eigenvalue weighted by Gasteiger charge is 2.34. The summed E-state index contributed by atoms with van der Waals surface area (Å²) in [6, 6.07) is 14.4. The van der Waals surface area contributed by atoms with Crippen molar-refractivity contribution in [3.05, 3.63) is 69.9 Å². The second-order valence-electron chi connectivity index (χ2n) is 6.96. The van der Waals surface area contributed by atoms with E-state index in [0.717, 1.165) is 21.8 Å². The number of nitrogens with one attached hydrogen (secondary N) is 1. The molecule has 3 aromatic rings. The summed E-state index contributed by atoms with van der Waals surface area (Å²) in [4.78, 5) is 13.7. The summed E-state index contributed by atoms with van der Waals surface area (Å²) in [5.74, 6) is 0.405. The van der Waals surface area contributed by atoms with E-state index in [1.807, 2.05) is 38.1 Å². The fourth-order valence-electron chi connectivity index (χ4n) is 3.48. The van der Waals surface area contributed by atoms with Gasteiger partial charge >= 0.3 is 0 Å². The van der Waals surface area contributed by atoms with Crippen molar-refractivity contribution in [2.24, 2.45) is 0 Å². The molecule has 4 rings (SSSR count). The molecule has 1 aliphatic heterocycles. The molecule has 7 heteroatoms. The van der Waals surface area contributed by atoms with Crippen molar-refractivity contribution in [2.75, 3.05) is 11.9 Å². The van der Waals surface area contributed by atoms with Crippen LogP contribution in [0.3, 0.4) is 0 Å². The Morgan fingerprint density at radius 1 is 1.10 bits per heavy atom. The van der Waals surface area contributed by atoms with Crippen LogP contribution in [0, 0.1) is 6.92 Å². The second-order valence-corrected chi connectivity index (χ2v) is 9.79. The van der Waals surface area contributed by atoms with E-state index in [9.17, 15) is 13.2 Å². The maximum Gasteiger partial charge on any atom is 0.225 e. The van der Waals surface area contributed by atoms with Crippen molar-refractivity contribution < 1.29 is 17.9 Å². The van der Waals surface area contributed by atoms with Gasteiger partial charge in [0.2, 0.25) is 15.7 Å². The van der Waals surface area contributed by atoms with Crippen molar-refractivity contribution in [3.8, 4) is 5.75 Å². The van der Waals surface area contributed by atoms with E-state index >= 15 is 0 Å². The summed E-state index contributed by atoms with van der Waals surface area (Å²) in [5.41, 5.74) is 2.36. The number of hydrogen-bond acceptors (Lipinski definition) is 5. The lowest BCUT2D eigenvalue weighted by molar-refractivity contribution is -0.116. The number of fused-ring (bicyclic) bond motifs is 1. The van der Waals surface area contributed by atoms with Gasteiger partial charge in [0.25, 0.3) is 0 Å². The van der Waals surface area contributed by atoms with Crippen LogP contribution in [0.5, 0.6) is 5.75 Å². The van der Waals surface area contributed by atoms with Crippen molar-refractivity contribution in [2.45, 2.75) is 36.0 Å². The van der Waals surface area contributed by atoms with E-state index in [0.29, 0.717) is 12.3 Å². The normalized spacial score (nSPS) is 16.2. The van der Waals surface area contributed by atoms with Crippen LogP contribution in [-0.4, -0.2) is 20.9 Å². The van der Waals surface area contributed by atoms with Crippen LogP contribution in [0.1, 0.15) is 35.3 Å². The van der Waals surface area contributed by atoms with Crippen LogP contribution in [0.2, 0.25) is 0 Å². The van der Waals surface area contributed by atoms with E-state index in [1.54, 1.807) is 29.6 Å². The third kappa shape index (κ3) is 3.68. The van der Waals surface area contributed by atoms with Crippen LogP contribution >= 0.6 is 11.3 Å². The zero-order valence-electron chi connectivity index (χ0n) is 16.1. The number of benzene rings is 2. The van der Waals surface area contributed by atoms with Gasteiger partial charge in [-0.2, -0.15) is 0 Å². The Labute approximate surface area is 174 Å². The fourth-order valence-corrected chi connectivity index (χ4v) is 6.39. The summed E-state index contributed by atoms with van der Waals surface area (Å²) < 4.78 is 31.9. The Morgan fingerprint density at radius 3 is 2.45 bits per heavy atom. The fraction of sp³-hybridized carbons (Fsp3) is 0.227. The first-order chi connectivity index (χ1) is 13.9. The van der Waals surface area contributed by atoms with Crippen LogP contribution in [-0.2, 0) is 14.6 Å². The molecule has 0 aliphatic carbocycles. The predicted molar refractivity (Wildman–Crippen MR) is 114 cm³/mol. The van der Waals surface area contributed by atoms with Crippen molar-refractivity contribution in [1.29, 1.82) is 0 Å². The Balaban J connectivity index is 1.75. The number of thiophene rings is 1. The summed E-state index contributed by atoms with van der Waals surface area (Å²) in [6.45, 7) is 4.41. The number of sulfone groups is 1. The van der Waals surface area contributed by atoms with Gasteiger partial charge in [0.15, 0.2) is 0 Å². The molecule has 1 unspecified atom stereocenters. The summed E-state index contributed by atoms with van der Waals surface area (Å²) in [5, 5.41) is 4.43. The van der Waals surface area contributed by atoms with Gasteiger partial charge in [-0.05, 0) is 43.7 Å². The SMILES string of the molecule is CCOc1ccc(C2CC(=O)Nc3c(S(=O)(=O)c4ccc(C)cc4)csc32)cc1. The number of hydrogen-bond donors (Lipinski definition) is 1. The lowest BCUT2D eigenvalue weighted by Crippen LogP contribution is -2.23. The highest BCUT2D eigenvalue weighted by atomic mass is 32.2. The monoisotopic (exact) mass is 427 g/mol. The molecule has 1 atom stereocenters. The molecular weight excluding hydrogens is 406 g/mol. The third-order valence-corrected chi connectivity index (χ3v) is 8.01. The number of amides is 1. The van der Waals surface area contributed by atoms with Crippen LogP contribution in [0.25, 0.3) is 0 Å². The Morgan fingerprint density at radius 2 is 1.79 bits per heavy atom. The molecule has 0 saturated heterocycles. The first kappa shape index (κ1) is 19.7. The van der Waals surface area contributed by atoms with Gasteiger partial charge in [-0.15, -0.1) is 11.3 Å². The van der Waals surface area contributed by atoms with Gasteiger partial charge in [0, 0.05) is 22.6 Å². The van der Waals surface area contributed by atoms with Crippen LogP contribution in [0.4, 0.5) is 5.69 Å². The van der Waals surface area contributed by atoms with Crippen molar-refractivity contribution in [1.82, 2.24) is 0 Å². The molecule has 0 spiro atoms. The van der Waals surface area contributed by atoms with Gasteiger partial charge in [-0.1, -0.05) is 29.8 Å². The molecule has 0 bridgehead atoms. The largest absolute Gasteiger partial charge is 0.494 e. The maximum absolute atomic E-state index is 13.2. The minimum Gasteiger partial charge on any atom is -0.494 e. The highest BCUT2D eigenvalue weighted by molar-refractivity contribution is 7.91. The lowest BCUT2D eigenvalue weighted by Gasteiger charge is -2.24. The number of rotatable bonds is 5. The minimum atomic E-state index is -3.72. The zero-order chi connectivity index (χ0) is 20.6. The first-order valence-corrected chi connectivity index (χ1v) is 11.7. The molecule has 1 N–H and O–H groups in total. The summed E-state index contributed by atoms with van der Waals surface area (Å²) in [6.07, 6.45) is 0.283. The molecule has 1 aliphatic rings. The molecule has 1 amide bonds. The first-order valence-electron chi connectivity index (χ1n) is 9.36. The number of ether oxygens (including phenoxy) is 1. The molecule has 1 aromatic heterocycles. The standard InChI is InChI=1S/C22H21NO4S2/c1-3-27-16-8-6-15(7-9-16)18-12-20(24)23-21-19(13-28-22(18)21)29(25,26)17-10-4-14(2)5-11-17/h4-11,13,18H,3,12H2,1-2H3,(H,23,24). The molecule has 5 nitrogen and oxygen atoms in total. The second kappa shape index (κ2) is 7.65. The lowest BCUT2D eigenvalue weighted by atomic mass is 9.90. The topological polar surface area (TPSA) is 72.5 Å². The Bertz CT molecular complexity index is 1150. The van der Waals surface area contributed by atoms with E-state index in [-0.39, 0.29) is 28.0 Å². The van der Waals surface area contributed by atoms with Gasteiger partial charge in [0.05, 0.1) is 17.2 Å². The van der Waals surface area contributed by atoms with E-state index in [4.69, 9.17) is 4.74 Å². The smallest absolute Gasteiger partial charge is 0.225 e. The molecule has 29 heavy (non-hydrogen) atoms. The zero-order valence-corrected chi connectivity index (χ0v) is 17.8. The van der Waals surface area contributed by atoms with Gasteiger partial charge in [-0.25, -0.2) is 8.42 Å². The minimum absolute atomic E-state index is 0.158. The van der Waals surface area contributed by atoms with E-state index in [1.165, 1.54) is 11.3 Å². The molecule has 150 valence electrons. The number of anilines is 1. The highest BCUT2D eigenvalue weighted by Crippen LogP contribution is 2.46. The molecule has 0 radical (unpaired) electrons. The van der Waals surface area contributed by atoms with Gasteiger partial charge in [0.1, 0.15) is 10.6 Å².